The van der Waals surface area contributed by atoms with Crippen molar-refractivity contribution in [2.24, 2.45) is 5.16 Å². The number of aryl methyl sites for hydroxylation is 1. The van der Waals surface area contributed by atoms with Crippen molar-refractivity contribution in [1.82, 2.24) is 14.5 Å². The molecule has 21 heavy (non-hydrogen) atoms. The number of rotatable bonds is 5. The van der Waals surface area contributed by atoms with Crippen LogP contribution < -0.4 is 0 Å². The fourth-order valence-corrected chi connectivity index (χ4v) is 3.09. The lowest BCUT2D eigenvalue weighted by molar-refractivity contribution is 0.0578. The fraction of sp³-hybridized carbons (Fsp3) is 0.400. The van der Waals surface area contributed by atoms with Gasteiger partial charge >= 0.3 is 0 Å². The number of benzene rings is 1. The van der Waals surface area contributed by atoms with E-state index < -0.39 is 0 Å². The van der Waals surface area contributed by atoms with Gasteiger partial charge in [0.15, 0.2) is 0 Å². The Bertz CT molecular complexity index is 626. The van der Waals surface area contributed by atoms with Crippen LogP contribution in [0, 0.1) is 6.92 Å². The summed E-state index contributed by atoms with van der Waals surface area (Å²) in [5, 5.41) is 8.26. The summed E-state index contributed by atoms with van der Waals surface area (Å²) >= 11 is 1.46. The second-order valence-corrected chi connectivity index (χ2v) is 6.15. The molecule has 0 spiro atoms. The van der Waals surface area contributed by atoms with Gasteiger partial charge in [-0.15, -0.1) is 5.10 Å². The molecule has 0 amide bonds. The van der Waals surface area contributed by atoms with Crippen molar-refractivity contribution in [3.63, 3.8) is 0 Å². The van der Waals surface area contributed by atoms with Gasteiger partial charge in [0.1, 0.15) is 6.10 Å². The van der Waals surface area contributed by atoms with Crippen molar-refractivity contribution in [2.75, 3.05) is 13.6 Å². The van der Waals surface area contributed by atoms with Gasteiger partial charge in [-0.25, -0.2) is 0 Å². The largest absolute Gasteiger partial charge is 0.390 e. The van der Waals surface area contributed by atoms with E-state index >= 15 is 0 Å². The van der Waals surface area contributed by atoms with Crippen molar-refractivity contribution < 1.29 is 4.84 Å². The van der Waals surface area contributed by atoms with Gasteiger partial charge in [0.25, 0.3) is 0 Å². The van der Waals surface area contributed by atoms with Crippen molar-refractivity contribution in [3.8, 4) is 0 Å². The molecule has 0 saturated carbocycles. The summed E-state index contributed by atoms with van der Waals surface area (Å²) in [7, 11) is 2.09. The normalized spacial score (nSPS) is 17.9. The van der Waals surface area contributed by atoms with Crippen LogP contribution in [0.1, 0.15) is 22.6 Å². The second-order valence-electron chi connectivity index (χ2n) is 5.31. The summed E-state index contributed by atoms with van der Waals surface area (Å²) < 4.78 is 3.97. The van der Waals surface area contributed by atoms with Crippen molar-refractivity contribution in [1.29, 1.82) is 0 Å². The molecule has 110 valence electrons. The second kappa shape index (κ2) is 6.32. The minimum Gasteiger partial charge on any atom is -0.390 e. The van der Waals surface area contributed by atoms with Gasteiger partial charge < -0.3 is 4.84 Å². The van der Waals surface area contributed by atoms with Gasteiger partial charge in [0, 0.05) is 19.5 Å². The Morgan fingerprint density at radius 3 is 2.86 bits per heavy atom. The number of oxime groups is 1. The molecule has 2 heterocycles. The molecular weight excluding hydrogens is 284 g/mol. The van der Waals surface area contributed by atoms with E-state index in [0.717, 1.165) is 36.5 Å². The number of hydrogen-bond donors (Lipinski definition) is 0. The van der Waals surface area contributed by atoms with Crippen LogP contribution in [-0.2, 0) is 11.4 Å². The van der Waals surface area contributed by atoms with Crippen LogP contribution in [-0.4, -0.2) is 39.9 Å². The Hall–Kier alpha value is -1.79. The summed E-state index contributed by atoms with van der Waals surface area (Å²) in [4.78, 5) is 9.00. The summed E-state index contributed by atoms with van der Waals surface area (Å²) in [6, 6.07) is 10.2. The average Bonchev–Trinajstić information content (AvgIpc) is 3.10. The minimum atomic E-state index is 0.117. The fourth-order valence-electron chi connectivity index (χ4n) is 2.38. The molecule has 0 saturated heterocycles. The van der Waals surface area contributed by atoms with Crippen LogP contribution in [0.25, 0.3) is 0 Å². The Morgan fingerprint density at radius 1 is 1.33 bits per heavy atom. The number of likely N-dealkylation sites (N-methyl/N-ethyl adjacent to an activating group) is 1. The van der Waals surface area contributed by atoms with Crippen LogP contribution in [0.3, 0.4) is 0 Å². The smallest absolute Gasteiger partial charge is 0.145 e. The zero-order chi connectivity index (χ0) is 14.7. The van der Waals surface area contributed by atoms with Crippen molar-refractivity contribution >= 4 is 17.2 Å². The number of hydrogen-bond acceptors (Lipinski definition) is 6. The summed E-state index contributed by atoms with van der Waals surface area (Å²) in [6.07, 6.45) is 0.972. The van der Waals surface area contributed by atoms with Crippen LogP contribution in [0.4, 0.5) is 0 Å². The summed E-state index contributed by atoms with van der Waals surface area (Å²) in [5.41, 5.74) is 3.19. The van der Waals surface area contributed by atoms with E-state index in [-0.39, 0.29) is 6.10 Å². The van der Waals surface area contributed by atoms with Crippen LogP contribution in [0.2, 0.25) is 0 Å². The van der Waals surface area contributed by atoms with E-state index in [2.05, 4.69) is 38.8 Å². The number of aromatic nitrogens is 2. The standard InChI is InChI=1S/C15H18N4OS/c1-11-15(21-18-16-11)10-19(2)9-13-8-14(17-20-13)12-6-4-3-5-7-12/h3-7,13H,8-10H2,1-2H3/t13-/m1/s1. The van der Waals surface area contributed by atoms with Crippen molar-refractivity contribution in [3.05, 3.63) is 46.5 Å². The minimum absolute atomic E-state index is 0.117. The molecule has 5 nitrogen and oxygen atoms in total. The maximum Gasteiger partial charge on any atom is 0.145 e. The molecule has 1 aromatic heterocycles. The highest BCUT2D eigenvalue weighted by Crippen LogP contribution is 2.18. The molecule has 0 radical (unpaired) electrons. The molecule has 0 bridgehead atoms. The SMILES string of the molecule is Cc1nnsc1CN(C)C[C@H]1CC(c2ccccc2)=NO1. The summed E-state index contributed by atoms with van der Waals surface area (Å²) in [6.45, 7) is 3.69. The molecule has 0 aliphatic carbocycles. The highest BCUT2D eigenvalue weighted by Gasteiger charge is 2.23. The molecule has 1 aliphatic heterocycles. The lowest BCUT2D eigenvalue weighted by Crippen LogP contribution is -2.29. The van der Waals surface area contributed by atoms with Gasteiger partial charge in [0.05, 0.1) is 16.3 Å². The van der Waals surface area contributed by atoms with E-state index in [1.807, 2.05) is 25.1 Å². The third-order valence-electron chi connectivity index (χ3n) is 3.51. The molecule has 1 atom stereocenters. The van der Waals surface area contributed by atoms with E-state index in [4.69, 9.17) is 4.84 Å². The maximum atomic E-state index is 5.56. The third kappa shape index (κ3) is 3.46. The summed E-state index contributed by atoms with van der Waals surface area (Å²) in [5.74, 6) is 0. The Labute approximate surface area is 128 Å². The van der Waals surface area contributed by atoms with Gasteiger partial charge in [-0.1, -0.05) is 40.0 Å². The number of nitrogens with zero attached hydrogens (tertiary/aromatic N) is 4. The van der Waals surface area contributed by atoms with Crippen LogP contribution >= 0.6 is 11.5 Å². The molecule has 0 fully saturated rings. The topological polar surface area (TPSA) is 50.6 Å². The first-order valence-electron chi connectivity index (χ1n) is 6.97. The van der Waals surface area contributed by atoms with E-state index in [9.17, 15) is 0 Å². The van der Waals surface area contributed by atoms with Gasteiger partial charge in [0.2, 0.25) is 0 Å². The highest BCUT2D eigenvalue weighted by molar-refractivity contribution is 7.05. The quantitative estimate of drug-likeness (QED) is 0.851. The first-order chi connectivity index (χ1) is 10.2. The first-order valence-corrected chi connectivity index (χ1v) is 7.74. The molecule has 1 aromatic carbocycles. The molecule has 0 N–H and O–H groups in total. The monoisotopic (exact) mass is 302 g/mol. The maximum absolute atomic E-state index is 5.56. The van der Waals surface area contributed by atoms with Gasteiger partial charge in [-0.3, -0.25) is 4.90 Å². The Kier molecular flexibility index (Phi) is 4.26. The lowest BCUT2D eigenvalue weighted by Gasteiger charge is -2.18. The predicted octanol–water partition coefficient (Wildman–Crippen LogP) is 2.47. The Balaban J connectivity index is 1.53. The third-order valence-corrected chi connectivity index (χ3v) is 4.32. The van der Waals surface area contributed by atoms with Crippen LogP contribution in [0.15, 0.2) is 35.5 Å². The molecule has 0 unspecified atom stereocenters. The van der Waals surface area contributed by atoms with E-state index in [1.54, 1.807) is 0 Å². The molecule has 3 rings (SSSR count). The first kappa shape index (κ1) is 14.2. The van der Waals surface area contributed by atoms with Crippen molar-refractivity contribution in [2.45, 2.75) is 26.0 Å². The highest BCUT2D eigenvalue weighted by atomic mass is 32.1. The van der Waals surface area contributed by atoms with E-state index in [0.29, 0.717) is 0 Å². The lowest BCUT2D eigenvalue weighted by atomic mass is 10.1. The van der Waals surface area contributed by atoms with E-state index in [1.165, 1.54) is 16.4 Å². The zero-order valence-electron chi connectivity index (χ0n) is 12.2. The molecule has 1 aliphatic rings. The zero-order valence-corrected chi connectivity index (χ0v) is 13.0. The van der Waals surface area contributed by atoms with Gasteiger partial charge in [-0.2, -0.15) is 0 Å². The molecule has 2 aromatic rings. The van der Waals surface area contributed by atoms with Crippen LogP contribution in [0.5, 0.6) is 0 Å². The Morgan fingerprint density at radius 2 is 2.14 bits per heavy atom. The predicted molar refractivity (Wildman–Crippen MR) is 83.4 cm³/mol. The van der Waals surface area contributed by atoms with Gasteiger partial charge in [-0.05, 0) is 31.1 Å². The average molecular weight is 302 g/mol. The molecular formula is C15H18N4OS. The molecule has 6 heteroatoms.